The minimum Gasteiger partial charge on any atom is -0.245 e. The van der Waals surface area contributed by atoms with Gasteiger partial charge in [-0.25, -0.2) is 9.97 Å². The first-order valence-electron chi connectivity index (χ1n) is 29.5. The van der Waals surface area contributed by atoms with Crippen LogP contribution in [-0.4, -0.2) is 9.97 Å². The lowest BCUT2D eigenvalue weighted by Gasteiger charge is -2.18. The number of benzene rings is 15. The molecule has 0 radical (unpaired) electrons. The summed E-state index contributed by atoms with van der Waals surface area (Å²) in [5.41, 5.74) is 18.1. The van der Waals surface area contributed by atoms with Crippen LogP contribution >= 0.6 is 0 Å². The Morgan fingerprint density at radius 3 is 0.953 bits per heavy atom. The molecule has 0 N–H and O–H groups in total. The average Bonchev–Trinajstić information content (AvgIpc) is 1.03. The lowest BCUT2D eigenvalue weighted by molar-refractivity contribution is 1.37. The van der Waals surface area contributed by atoms with E-state index < -0.39 is 0 Å². The summed E-state index contributed by atoms with van der Waals surface area (Å²) in [5, 5.41) is 17.2. The van der Waals surface area contributed by atoms with Crippen molar-refractivity contribution < 1.29 is 0 Å². The van der Waals surface area contributed by atoms with Crippen LogP contribution in [0.4, 0.5) is 0 Å². The Labute approximate surface area is 499 Å². The summed E-state index contributed by atoms with van der Waals surface area (Å²) < 4.78 is 0. The largest absolute Gasteiger partial charge is 0.245 e. The molecule has 0 aliphatic heterocycles. The fourth-order valence-electron chi connectivity index (χ4n) is 13.1. The van der Waals surface area contributed by atoms with Gasteiger partial charge in [0.2, 0.25) is 0 Å². The minimum absolute atomic E-state index is 0.904. The third-order valence-electron chi connectivity index (χ3n) is 17.3. The summed E-state index contributed by atoms with van der Waals surface area (Å²) in [5.74, 6) is 0. The Kier molecular flexibility index (Phi) is 12.6. The topological polar surface area (TPSA) is 25.8 Å². The third-order valence-corrected chi connectivity index (χ3v) is 17.3. The van der Waals surface area contributed by atoms with Crippen molar-refractivity contribution in [3.63, 3.8) is 0 Å². The molecule has 15 aromatic carbocycles. The number of pyridine rings is 2. The zero-order valence-electron chi connectivity index (χ0n) is 47.1. The van der Waals surface area contributed by atoms with Crippen LogP contribution in [0.25, 0.3) is 165 Å². The molecular formula is C84H54N2. The van der Waals surface area contributed by atoms with Crippen molar-refractivity contribution in [1.29, 1.82) is 0 Å². The Morgan fingerprint density at radius 1 is 0.163 bits per heavy atom. The van der Waals surface area contributed by atoms with Crippen molar-refractivity contribution in [3.05, 3.63) is 328 Å². The molecule has 0 unspecified atom stereocenters. The maximum Gasteiger partial charge on any atom is 0.0978 e. The fourth-order valence-corrected chi connectivity index (χ4v) is 13.1. The van der Waals surface area contributed by atoms with E-state index in [2.05, 4.69) is 328 Å². The molecule has 0 aliphatic rings. The number of rotatable bonds is 7. The standard InChI is InChI=1S/C44H28N2.C40H26/c1-3-13-31(14-4-1)39-27-41(35-21-19-29-11-7-9-17-33(29)25-35)45-43-37(39)23-24-38-40(32-15-5-2-6-16-32)28-42(46-44(38)43)36-22-20-30-12-8-10-18-34(30)26-36;1-2-12-31-26-32(25-20-27(31)10-1)40-37-17-7-5-15-35(37)39(36-16-6-8-18-38(36)40)30-23-21-29(22-24-30)34-19-9-13-28-11-3-4-14-33(28)34/h1-28H;1-26H. The molecular weight excluding hydrogens is 1040 g/mol. The van der Waals surface area contributed by atoms with Crippen molar-refractivity contribution in [2.24, 2.45) is 0 Å². The van der Waals surface area contributed by atoms with Crippen LogP contribution in [0, 0.1) is 0 Å². The van der Waals surface area contributed by atoms with Crippen LogP contribution in [0.15, 0.2) is 328 Å². The van der Waals surface area contributed by atoms with Crippen LogP contribution in [0.3, 0.4) is 0 Å². The molecule has 0 spiro atoms. The molecule has 0 atom stereocenters. The van der Waals surface area contributed by atoms with E-state index in [4.69, 9.17) is 9.97 Å². The van der Waals surface area contributed by atoms with Gasteiger partial charge in [0.25, 0.3) is 0 Å². The van der Waals surface area contributed by atoms with Crippen LogP contribution in [0.5, 0.6) is 0 Å². The normalized spacial score (nSPS) is 11.5. The van der Waals surface area contributed by atoms with Crippen molar-refractivity contribution in [2.75, 3.05) is 0 Å². The van der Waals surface area contributed by atoms with Crippen LogP contribution in [-0.2, 0) is 0 Å². The SMILES string of the molecule is c1ccc(-c2cc(-c3ccc4ccccc4c3)nc3c2ccc2c(-c4ccccc4)cc(-c4ccc5ccccc5c4)nc23)cc1.c1ccc2cc(-c3c4ccccc4c(-c4ccc(-c5cccc6ccccc56)cc4)c4ccccc34)ccc2c1. The van der Waals surface area contributed by atoms with Crippen molar-refractivity contribution in [2.45, 2.75) is 0 Å². The molecule has 0 fully saturated rings. The number of nitrogens with zero attached hydrogens (tertiary/aromatic N) is 2. The summed E-state index contributed by atoms with van der Waals surface area (Å²) in [6.07, 6.45) is 0. The van der Waals surface area contributed by atoms with Gasteiger partial charge in [-0.15, -0.1) is 0 Å². The molecule has 17 aromatic rings. The highest BCUT2D eigenvalue weighted by atomic mass is 14.8. The second-order valence-electron chi connectivity index (χ2n) is 22.3. The van der Waals surface area contributed by atoms with E-state index in [0.29, 0.717) is 0 Å². The van der Waals surface area contributed by atoms with E-state index in [-0.39, 0.29) is 0 Å². The van der Waals surface area contributed by atoms with Crippen molar-refractivity contribution in [3.8, 4) is 78.1 Å². The number of hydrogen-bond acceptors (Lipinski definition) is 2. The van der Waals surface area contributed by atoms with E-state index in [0.717, 1.165) is 66.6 Å². The van der Waals surface area contributed by atoms with Gasteiger partial charge in [-0.3, -0.25) is 0 Å². The highest BCUT2D eigenvalue weighted by Crippen LogP contribution is 2.45. The van der Waals surface area contributed by atoms with E-state index in [9.17, 15) is 0 Å². The lowest BCUT2D eigenvalue weighted by atomic mass is 9.85. The highest BCUT2D eigenvalue weighted by Gasteiger charge is 2.20. The summed E-state index contributed by atoms with van der Waals surface area (Å²) in [6.45, 7) is 0. The van der Waals surface area contributed by atoms with Gasteiger partial charge in [0, 0.05) is 21.9 Å². The zero-order valence-corrected chi connectivity index (χ0v) is 47.1. The van der Waals surface area contributed by atoms with Crippen LogP contribution in [0.1, 0.15) is 0 Å². The molecule has 2 heteroatoms. The van der Waals surface area contributed by atoms with E-state index in [1.54, 1.807) is 0 Å². The third kappa shape index (κ3) is 9.09. The summed E-state index contributed by atoms with van der Waals surface area (Å²) in [4.78, 5) is 10.8. The molecule has 2 aromatic heterocycles. The Morgan fingerprint density at radius 2 is 0.488 bits per heavy atom. The van der Waals surface area contributed by atoms with Gasteiger partial charge < -0.3 is 0 Å². The lowest BCUT2D eigenvalue weighted by Crippen LogP contribution is -1.95. The minimum atomic E-state index is 0.904. The molecule has 0 aliphatic carbocycles. The molecule has 86 heavy (non-hydrogen) atoms. The number of hydrogen-bond donors (Lipinski definition) is 0. The zero-order chi connectivity index (χ0) is 56.9. The molecule has 0 saturated heterocycles. The maximum absolute atomic E-state index is 5.42. The van der Waals surface area contributed by atoms with Gasteiger partial charge >= 0.3 is 0 Å². The molecule has 0 amide bonds. The van der Waals surface area contributed by atoms with Gasteiger partial charge in [-0.05, 0) is 151 Å². The van der Waals surface area contributed by atoms with Gasteiger partial charge in [0.1, 0.15) is 0 Å². The molecule has 400 valence electrons. The Bertz CT molecular complexity index is 5210. The molecule has 0 bridgehead atoms. The monoisotopic (exact) mass is 1090 g/mol. The van der Waals surface area contributed by atoms with Gasteiger partial charge in [0.05, 0.1) is 22.4 Å². The molecule has 17 rings (SSSR count). The first-order valence-corrected chi connectivity index (χ1v) is 29.5. The van der Waals surface area contributed by atoms with Crippen molar-refractivity contribution >= 4 is 86.4 Å². The van der Waals surface area contributed by atoms with E-state index in [1.807, 2.05) is 0 Å². The smallest absolute Gasteiger partial charge is 0.0978 e. The summed E-state index contributed by atoms with van der Waals surface area (Å²) >= 11 is 0. The second kappa shape index (κ2) is 21.5. The van der Waals surface area contributed by atoms with Crippen molar-refractivity contribution in [1.82, 2.24) is 9.97 Å². The van der Waals surface area contributed by atoms with Crippen LogP contribution in [0.2, 0.25) is 0 Å². The first kappa shape index (κ1) is 50.4. The average molecular weight is 1090 g/mol. The maximum atomic E-state index is 5.42. The van der Waals surface area contributed by atoms with Crippen LogP contribution < -0.4 is 0 Å². The van der Waals surface area contributed by atoms with E-state index in [1.165, 1.54) is 98.0 Å². The quantitative estimate of drug-likeness (QED) is 0.117. The molecule has 2 heterocycles. The Hall–Kier alpha value is -11.3. The second-order valence-corrected chi connectivity index (χ2v) is 22.3. The fraction of sp³-hybridized carbons (Fsp3) is 0. The predicted molar refractivity (Wildman–Crippen MR) is 367 cm³/mol. The Balaban J connectivity index is 0.000000141. The summed E-state index contributed by atoms with van der Waals surface area (Å²) in [7, 11) is 0. The van der Waals surface area contributed by atoms with Gasteiger partial charge in [0.15, 0.2) is 0 Å². The van der Waals surface area contributed by atoms with Gasteiger partial charge in [-0.1, -0.05) is 297 Å². The first-order chi connectivity index (χ1) is 42.6. The van der Waals surface area contributed by atoms with Gasteiger partial charge in [-0.2, -0.15) is 0 Å². The summed E-state index contributed by atoms with van der Waals surface area (Å²) in [6, 6.07) is 118. The predicted octanol–water partition coefficient (Wildman–Crippen LogP) is 23.1. The number of fused-ring (bicyclic) bond motifs is 9. The number of aromatic nitrogens is 2. The molecule has 0 saturated carbocycles. The molecule has 2 nitrogen and oxygen atoms in total. The van der Waals surface area contributed by atoms with E-state index >= 15 is 0 Å². The highest BCUT2D eigenvalue weighted by molar-refractivity contribution is 6.22.